The molecule has 0 spiro atoms. The monoisotopic (exact) mass is 870 g/mol. The third-order valence-electron chi connectivity index (χ3n) is 14.9. The summed E-state index contributed by atoms with van der Waals surface area (Å²) in [6.45, 7) is 0. The van der Waals surface area contributed by atoms with E-state index in [0.717, 1.165) is 28.4 Å². The zero-order valence-corrected chi connectivity index (χ0v) is 37.9. The highest BCUT2D eigenvalue weighted by molar-refractivity contribution is 6.23. The van der Waals surface area contributed by atoms with Gasteiger partial charge in [0.1, 0.15) is 0 Å². The molecule has 0 amide bonds. The summed E-state index contributed by atoms with van der Waals surface area (Å²) in [6, 6.07) is 69.8. The van der Waals surface area contributed by atoms with Crippen LogP contribution in [0.25, 0.3) is 65.3 Å². The predicted molar refractivity (Wildman–Crippen MR) is 289 cm³/mol. The number of anilines is 9. The number of hydrogen-bond donors (Lipinski definition) is 0. The molecule has 0 N–H and O–H groups in total. The molecule has 14 rings (SSSR count). The molecule has 0 aromatic heterocycles. The van der Waals surface area contributed by atoms with E-state index in [2.05, 4.69) is 264 Å². The standard InChI is InChI=1S/C64H46N4/c1-65-59-33-34-60-64-58(56-30-28-54(40-62(56)66(60)2)68(51-25-21-43-13-5-9-17-47(43)37-51)52-26-22-44-14-6-10-18-48(44)38-52)32-31-57(63(59)64)55-29-27-53(39-61(55)65)67(49-23-19-41-11-3-7-15-45(41)35-49)50-24-20-42-12-4-8-16-46(42)36-50/h3-41,45H,1-2H3. The average Bonchev–Trinajstić information content (AvgIpc) is 3.39. The van der Waals surface area contributed by atoms with E-state index in [1.165, 1.54) is 93.8 Å². The summed E-state index contributed by atoms with van der Waals surface area (Å²) in [7, 11) is 4.47. The fourth-order valence-electron chi connectivity index (χ4n) is 11.5. The Kier molecular flexibility index (Phi) is 8.50. The molecule has 0 radical (unpaired) electrons. The van der Waals surface area contributed by atoms with E-state index in [1.807, 2.05) is 0 Å². The molecule has 322 valence electrons. The quantitative estimate of drug-likeness (QED) is 0.165. The van der Waals surface area contributed by atoms with Crippen LogP contribution >= 0.6 is 0 Å². The summed E-state index contributed by atoms with van der Waals surface area (Å²) in [5, 5.41) is 9.96. The lowest BCUT2D eigenvalue weighted by molar-refractivity contribution is 0.652. The van der Waals surface area contributed by atoms with Crippen LogP contribution in [-0.2, 0) is 0 Å². The number of fused-ring (bicyclic) bond motifs is 8. The number of hydrogen-bond acceptors (Lipinski definition) is 4. The summed E-state index contributed by atoms with van der Waals surface area (Å²) < 4.78 is 0. The zero-order chi connectivity index (χ0) is 45.0. The van der Waals surface area contributed by atoms with Crippen LogP contribution < -0.4 is 19.6 Å². The van der Waals surface area contributed by atoms with Gasteiger partial charge in [-0.3, -0.25) is 0 Å². The van der Waals surface area contributed by atoms with Crippen molar-refractivity contribution in [3.63, 3.8) is 0 Å². The summed E-state index contributed by atoms with van der Waals surface area (Å²) >= 11 is 0. The smallest absolute Gasteiger partial charge is 0.0509 e. The second-order valence-corrected chi connectivity index (χ2v) is 18.7. The highest BCUT2D eigenvalue weighted by Crippen LogP contribution is 2.57. The fraction of sp³-hybridized carbons (Fsp3) is 0.0625. The van der Waals surface area contributed by atoms with Gasteiger partial charge < -0.3 is 19.6 Å². The second-order valence-electron chi connectivity index (χ2n) is 18.7. The van der Waals surface area contributed by atoms with E-state index in [-0.39, 0.29) is 0 Å². The lowest BCUT2D eigenvalue weighted by Gasteiger charge is -2.37. The molecule has 2 aliphatic carbocycles. The minimum Gasteiger partial charge on any atom is -0.344 e. The van der Waals surface area contributed by atoms with Crippen molar-refractivity contribution >= 4 is 94.3 Å². The fourth-order valence-corrected chi connectivity index (χ4v) is 11.5. The molecule has 10 aromatic carbocycles. The second kappa shape index (κ2) is 15.0. The van der Waals surface area contributed by atoms with Crippen LogP contribution in [0.4, 0.5) is 51.2 Å². The molecule has 4 heteroatoms. The molecule has 4 aliphatic rings. The molecule has 68 heavy (non-hydrogen) atoms. The average molecular weight is 871 g/mol. The molecule has 0 bridgehead atoms. The van der Waals surface area contributed by atoms with Crippen molar-refractivity contribution in [1.82, 2.24) is 0 Å². The minimum atomic E-state index is 0.317. The first-order valence-electron chi connectivity index (χ1n) is 23.7. The minimum absolute atomic E-state index is 0.317. The van der Waals surface area contributed by atoms with Gasteiger partial charge in [0.25, 0.3) is 0 Å². The molecular weight excluding hydrogens is 825 g/mol. The van der Waals surface area contributed by atoms with E-state index in [9.17, 15) is 0 Å². The van der Waals surface area contributed by atoms with Crippen molar-refractivity contribution in [1.29, 1.82) is 0 Å². The van der Waals surface area contributed by atoms with E-state index < -0.39 is 0 Å². The highest BCUT2D eigenvalue weighted by atomic mass is 15.2. The Balaban J connectivity index is 0.887. The van der Waals surface area contributed by atoms with Crippen molar-refractivity contribution < 1.29 is 0 Å². The first-order valence-corrected chi connectivity index (χ1v) is 23.7. The van der Waals surface area contributed by atoms with Gasteiger partial charge in [-0.25, -0.2) is 0 Å². The van der Waals surface area contributed by atoms with Crippen molar-refractivity contribution in [2.45, 2.75) is 0 Å². The van der Waals surface area contributed by atoms with Crippen molar-refractivity contribution in [3.8, 4) is 22.3 Å². The van der Waals surface area contributed by atoms with E-state index >= 15 is 0 Å². The summed E-state index contributed by atoms with van der Waals surface area (Å²) in [4.78, 5) is 9.66. The van der Waals surface area contributed by atoms with E-state index in [4.69, 9.17) is 0 Å². The van der Waals surface area contributed by atoms with Gasteiger partial charge in [0.05, 0.1) is 11.4 Å². The van der Waals surface area contributed by atoms with Gasteiger partial charge in [0.15, 0.2) is 0 Å². The topological polar surface area (TPSA) is 13.0 Å². The van der Waals surface area contributed by atoms with Gasteiger partial charge >= 0.3 is 0 Å². The van der Waals surface area contributed by atoms with Crippen molar-refractivity contribution in [2.75, 3.05) is 33.7 Å². The Labute approximate surface area is 396 Å². The molecule has 2 aliphatic heterocycles. The van der Waals surface area contributed by atoms with Crippen molar-refractivity contribution in [2.24, 2.45) is 11.8 Å². The Morgan fingerprint density at radius 2 is 0.735 bits per heavy atom. The van der Waals surface area contributed by atoms with Gasteiger partial charge in [-0.15, -0.1) is 0 Å². The van der Waals surface area contributed by atoms with Crippen LogP contribution in [0.1, 0.15) is 0 Å². The van der Waals surface area contributed by atoms with Crippen LogP contribution in [-0.4, -0.2) is 14.1 Å². The number of rotatable bonds is 6. The normalized spacial score (nSPS) is 16.2. The first-order chi connectivity index (χ1) is 33.5. The van der Waals surface area contributed by atoms with Crippen LogP contribution in [0.2, 0.25) is 0 Å². The Morgan fingerprint density at radius 1 is 0.338 bits per heavy atom. The number of allylic oxidation sites excluding steroid dienone is 7. The number of nitrogens with zero attached hydrogens (tertiary/aromatic N) is 4. The van der Waals surface area contributed by atoms with E-state index in [1.54, 1.807) is 0 Å². The predicted octanol–water partition coefficient (Wildman–Crippen LogP) is 17.2. The van der Waals surface area contributed by atoms with Crippen LogP contribution in [0.3, 0.4) is 0 Å². The first kappa shape index (κ1) is 38.6. The molecule has 2 unspecified atom stereocenters. The molecule has 0 saturated heterocycles. The SMILES string of the molecule is CN1c2cc(N(C3=CC4C=CC=CC4C=C3)c3ccc4ccccc4c3)ccc2-c2ccc3c4c(ccc1c24)N(C)c1cc(N(c2ccc4ccccc4c2)c2ccc4ccccc4c2)ccc1-3. The Hall–Kier alpha value is -8.60. The summed E-state index contributed by atoms with van der Waals surface area (Å²) in [5.41, 5.74) is 16.6. The molecule has 10 aromatic rings. The molecule has 0 fully saturated rings. The molecule has 4 nitrogen and oxygen atoms in total. The highest BCUT2D eigenvalue weighted by Gasteiger charge is 2.32. The van der Waals surface area contributed by atoms with Gasteiger partial charge in [-0.1, -0.05) is 152 Å². The Bertz CT molecular complexity index is 3810. The maximum Gasteiger partial charge on any atom is 0.0509 e. The lowest BCUT2D eigenvalue weighted by Crippen LogP contribution is -2.22. The van der Waals surface area contributed by atoms with Crippen LogP contribution in [0.15, 0.2) is 236 Å². The maximum absolute atomic E-state index is 2.44. The lowest BCUT2D eigenvalue weighted by atomic mass is 9.83. The zero-order valence-electron chi connectivity index (χ0n) is 37.9. The largest absolute Gasteiger partial charge is 0.344 e. The third-order valence-corrected chi connectivity index (χ3v) is 14.9. The maximum atomic E-state index is 2.44. The van der Waals surface area contributed by atoms with Crippen molar-refractivity contribution in [3.05, 3.63) is 236 Å². The van der Waals surface area contributed by atoms with E-state index in [0.29, 0.717) is 11.8 Å². The molecule has 2 atom stereocenters. The summed E-state index contributed by atoms with van der Waals surface area (Å²) in [6.07, 6.45) is 16.1. The summed E-state index contributed by atoms with van der Waals surface area (Å²) in [5.74, 6) is 0.696. The van der Waals surface area contributed by atoms with Gasteiger partial charge in [0.2, 0.25) is 0 Å². The van der Waals surface area contributed by atoms with Gasteiger partial charge in [-0.2, -0.15) is 0 Å². The molecule has 2 heterocycles. The number of benzene rings is 10. The van der Waals surface area contributed by atoms with Gasteiger partial charge in [-0.05, 0) is 122 Å². The third kappa shape index (κ3) is 5.93. The molecule has 0 saturated carbocycles. The van der Waals surface area contributed by atoms with Gasteiger partial charge in [0, 0.05) is 93.3 Å². The van der Waals surface area contributed by atoms with Crippen LogP contribution in [0, 0.1) is 11.8 Å². The Morgan fingerprint density at radius 3 is 1.24 bits per heavy atom. The van der Waals surface area contributed by atoms with Crippen LogP contribution in [0.5, 0.6) is 0 Å². The molecular formula is C64H46N4.